The molecule has 1 saturated heterocycles. The summed E-state index contributed by atoms with van der Waals surface area (Å²) >= 11 is 0. The number of fused-ring (bicyclic) bond motifs is 1. The van der Waals surface area contributed by atoms with Gasteiger partial charge in [-0.2, -0.15) is 18.3 Å². The highest BCUT2D eigenvalue weighted by Gasteiger charge is 2.38. The number of anilines is 1. The highest BCUT2D eigenvalue weighted by Crippen LogP contribution is 2.36. The van der Waals surface area contributed by atoms with E-state index in [1.165, 1.54) is 5.56 Å². The van der Waals surface area contributed by atoms with Crippen LogP contribution in [0.4, 0.5) is 18.9 Å². The van der Waals surface area contributed by atoms with Gasteiger partial charge in [0.2, 0.25) is 11.8 Å². The van der Waals surface area contributed by atoms with Gasteiger partial charge in [0.05, 0.1) is 18.2 Å². The predicted molar refractivity (Wildman–Crippen MR) is 111 cm³/mol. The number of aryl methyl sites for hydroxylation is 1. The smallest absolute Gasteiger partial charge is 0.475 e. The maximum atomic E-state index is 12.9. The molecule has 0 aliphatic carbocycles. The monoisotopic (exact) mass is 467 g/mol. The molecule has 12 heteroatoms. The number of hydrogen-bond donors (Lipinski definition) is 4. The lowest BCUT2D eigenvalue weighted by atomic mass is 9.94. The Hall–Kier alpha value is -3.41. The standard InChI is InChI=1S/C19H23N5O2.C2HF3O2/c1-2-12-3-4-16-14(7-12)15(19(26)23-16)8-18(25)24-6-5-20-17(11-24)13-9-21-22-10-13;3-2(4,5)1(6)7/h3-4,7,9-10,15,17,20H,2,5-6,8,11H2,1H3,(H,21,22)(H,23,26);(H,6,7). The lowest BCUT2D eigenvalue weighted by molar-refractivity contribution is -0.192. The first-order chi connectivity index (χ1) is 15.6. The van der Waals surface area contributed by atoms with Gasteiger partial charge in [0.15, 0.2) is 0 Å². The number of amides is 2. The molecule has 1 aromatic carbocycles. The molecule has 2 unspecified atom stereocenters. The van der Waals surface area contributed by atoms with Crippen molar-refractivity contribution in [1.29, 1.82) is 0 Å². The number of carboxylic acid groups (broad SMARTS) is 1. The average molecular weight is 467 g/mol. The summed E-state index contributed by atoms with van der Waals surface area (Å²) in [6, 6.07) is 6.09. The summed E-state index contributed by atoms with van der Waals surface area (Å²) in [4.78, 5) is 36.0. The molecule has 0 radical (unpaired) electrons. The molecule has 2 amide bonds. The van der Waals surface area contributed by atoms with Crippen molar-refractivity contribution in [3.63, 3.8) is 0 Å². The minimum atomic E-state index is -5.08. The summed E-state index contributed by atoms with van der Waals surface area (Å²) in [7, 11) is 0. The fourth-order valence-corrected chi connectivity index (χ4v) is 3.75. The Kier molecular flexibility index (Phi) is 7.36. The van der Waals surface area contributed by atoms with E-state index in [1.54, 1.807) is 6.20 Å². The maximum Gasteiger partial charge on any atom is 0.490 e. The van der Waals surface area contributed by atoms with Gasteiger partial charge >= 0.3 is 12.1 Å². The Morgan fingerprint density at radius 1 is 1.30 bits per heavy atom. The number of alkyl halides is 3. The molecule has 1 aromatic heterocycles. The number of carboxylic acids is 1. The van der Waals surface area contributed by atoms with E-state index in [0.717, 1.165) is 29.8 Å². The summed E-state index contributed by atoms with van der Waals surface area (Å²) in [5.41, 5.74) is 4.00. The van der Waals surface area contributed by atoms with E-state index in [1.807, 2.05) is 23.2 Å². The number of aliphatic carboxylic acids is 1. The van der Waals surface area contributed by atoms with Gasteiger partial charge < -0.3 is 20.6 Å². The van der Waals surface area contributed by atoms with Crippen LogP contribution in [0.15, 0.2) is 30.6 Å². The number of piperazine rings is 1. The third-order valence-corrected chi connectivity index (χ3v) is 5.55. The van der Waals surface area contributed by atoms with Crippen LogP contribution in [0.3, 0.4) is 0 Å². The Labute approximate surface area is 187 Å². The third-order valence-electron chi connectivity index (χ3n) is 5.55. The van der Waals surface area contributed by atoms with Crippen LogP contribution in [-0.2, 0) is 20.8 Å². The highest BCUT2D eigenvalue weighted by atomic mass is 19.4. The first kappa shape index (κ1) is 24.2. The number of aromatic nitrogens is 2. The summed E-state index contributed by atoms with van der Waals surface area (Å²) in [5.74, 6) is -3.21. The number of hydrogen-bond acceptors (Lipinski definition) is 5. The quantitative estimate of drug-likeness (QED) is 0.546. The van der Waals surface area contributed by atoms with Crippen LogP contribution < -0.4 is 10.6 Å². The third kappa shape index (κ3) is 5.89. The van der Waals surface area contributed by atoms with Crippen molar-refractivity contribution in [3.05, 3.63) is 47.3 Å². The second-order valence-electron chi connectivity index (χ2n) is 7.70. The lowest BCUT2D eigenvalue weighted by Gasteiger charge is -2.33. The van der Waals surface area contributed by atoms with Gasteiger partial charge in [-0.05, 0) is 23.6 Å². The number of carbonyl (C=O) groups excluding carboxylic acids is 2. The fraction of sp³-hybridized carbons (Fsp3) is 0.429. The Bertz CT molecular complexity index is 1010. The summed E-state index contributed by atoms with van der Waals surface area (Å²) < 4.78 is 31.7. The van der Waals surface area contributed by atoms with E-state index in [0.29, 0.717) is 13.1 Å². The molecule has 9 nitrogen and oxygen atoms in total. The first-order valence-electron chi connectivity index (χ1n) is 10.3. The van der Waals surface area contributed by atoms with E-state index in [9.17, 15) is 22.8 Å². The topological polar surface area (TPSA) is 127 Å². The molecular weight excluding hydrogens is 443 g/mol. The van der Waals surface area contributed by atoms with Crippen LogP contribution in [0, 0.1) is 0 Å². The van der Waals surface area contributed by atoms with E-state index >= 15 is 0 Å². The van der Waals surface area contributed by atoms with Crippen LogP contribution in [-0.4, -0.2) is 63.8 Å². The van der Waals surface area contributed by atoms with Crippen molar-refractivity contribution in [1.82, 2.24) is 20.4 Å². The van der Waals surface area contributed by atoms with Crippen LogP contribution in [0.1, 0.15) is 42.0 Å². The molecule has 4 N–H and O–H groups in total. The highest BCUT2D eigenvalue weighted by molar-refractivity contribution is 6.05. The van der Waals surface area contributed by atoms with Crippen molar-refractivity contribution < 1.29 is 32.7 Å². The summed E-state index contributed by atoms with van der Waals surface area (Å²) in [6.07, 6.45) is -0.340. The van der Waals surface area contributed by atoms with Crippen molar-refractivity contribution in [2.75, 3.05) is 25.0 Å². The Morgan fingerprint density at radius 3 is 2.64 bits per heavy atom. The summed E-state index contributed by atoms with van der Waals surface area (Å²) in [6.45, 7) is 4.07. The van der Waals surface area contributed by atoms with E-state index in [4.69, 9.17) is 9.90 Å². The molecule has 4 rings (SSSR count). The second-order valence-corrected chi connectivity index (χ2v) is 7.70. The number of H-pyrrole nitrogens is 1. The van der Waals surface area contributed by atoms with E-state index in [2.05, 4.69) is 33.8 Å². The number of nitrogens with one attached hydrogen (secondary N) is 3. The van der Waals surface area contributed by atoms with Crippen molar-refractivity contribution in [2.24, 2.45) is 0 Å². The fourth-order valence-electron chi connectivity index (χ4n) is 3.75. The van der Waals surface area contributed by atoms with Crippen LogP contribution in [0.2, 0.25) is 0 Å². The predicted octanol–water partition coefficient (Wildman–Crippen LogP) is 2.20. The second kappa shape index (κ2) is 10.0. The molecule has 2 aromatic rings. The van der Waals surface area contributed by atoms with Gasteiger partial charge in [-0.3, -0.25) is 14.7 Å². The molecular formula is C21H24F3N5O4. The largest absolute Gasteiger partial charge is 0.490 e. The molecule has 33 heavy (non-hydrogen) atoms. The van der Waals surface area contributed by atoms with Crippen molar-refractivity contribution in [3.8, 4) is 0 Å². The minimum absolute atomic E-state index is 0.0231. The SMILES string of the molecule is CCc1ccc2c(c1)C(CC(=O)N1CCNC(c3cn[nH]c3)C1)C(=O)N2.O=C(O)C(F)(F)F. The van der Waals surface area contributed by atoms with E-state index in [-0.39, 0.29) is 24.3 Å². The van der Waals surface area contributed by atoms with Gasteiger partial charge in [-0.1, -0.05) is 19.1 Å². The van der Waals surface area contributed by atoms with Crippen LogP contribution in [0.25, 0.3) is 0 Å². The zero-order valence-corrected chi connectivity index (χ0v) is 17.8. The molecule has 0 spiro atoms. The number of halogens is 3. The molecule has 1 fully saturated rings. The Morgan fingerprint density at radius 2 is 2.03 bits per heavy atom. The number of nitrogens with zero attached hydrogens (tertiary/aromatic N) is 2. The minimum Gasteiger partial charge on any atom is -0.475 e. The molecule has 2 aliphatic heterocycles. The number of benzene rings is 1. The van der Waals surface area contributed by atoms with Gasteiger partial charge in [0, 0.05) is 43.5 Å². The van der Waals surface area contributed by atoms with Gasteiger partial charge in [-0.25, -0.2) is 4.79 Å². The van der Waals surface area contributed by atoms with Gasteiger partial charge in [0.1, 0.15) is 0 Å². The zero-order chi connectivity index (χ0) is 24.2. The molecule has 3 heterocycles. The number of rotatable bonds is 4. The average Bonchev–Trinajstić information content (AvgIpc) is 3.42. The molecule has 2 atom stereocenters. The van der Waals surface area contributed by atoms with Crippen LogP contribution in [0.5, 0.6) is 0 Å². The molecule has 2 aliphatic rings. The lowest BCUT2D eigenvalue weighted by Crippen LogP contribution is -2.48. The van der Waals surface area contributed by atoms with Gasteiger partial charge in [0.25, 0.3) is 0 Å². The molecule has 178 valence electrons. The number of carbonyl (C=O) groups is 3. The van der Waals surface area contributed by atoms with Crippen molar-refractivity contribution in [2.45, 2.75) is 37.9 Å². The molecule has 0 saturated carbocycles. The normalized spacial score (nSPS) is 19.9. The molecule has 0 bridgehead atoms. The summed E-state index contributed by atoms with van der Waals surface area (Å²) in [5, 5.41) is 20.2. The zero-order valence-electron chi connectivity index (χ0n) is 17.8. The maximum absolute atomic E-state index is 12.9. The van der Waals surface area contributed by atoms with Crippen LogP contribution >= 0.6 is 0 Å². The van der Waals surface area contributed by atoms with Crippen molar-refractivity contribution >= 4 is 23.5 Å². The Balaban J connectivity index is 0.000000383. The number of aromatic amines is 1. The first-order valence-corrected chi connectivity index (χ1v) is 10.3. The van der Waals surface area contributed by atoms with Gasteiger partial charge in [-0.15, -0.1) is 0 Å². The van der Waals surface area contributed by atoms with E-state index < -0.39 is 18.1 Å².